The molecule has 2 aliphatic carbocycles. The largest absolute Gasteiger partial charge is 0.298 e. The van der Waals surface area contributed by atoms with Crippen LogP contribution in [-0.2, 0) is 4.79 Å². The predicted molar refractivity (Wildman–Crippen MR) is 52.9 cm³/mol. The van der Waals surface area contributed by atoms with E-state index >= 15 is 0 Å². The summed E-state index contributed by atoms with van der Waals surface area (Å²) in [6.07, 6.45) is 3.53. The van der Waals surface area contributed by atoms with Crippen molar-refractivity contribution in [2.45, 2.75) is 36.5 Å². The van der Waals surface area contributed by atoms with Crippen molar-refractivity contribution >= 4 is 28.4 Å². The van der Waals surface area contributed by atoms with Crippen molar-refractivity contribution in [3.05, 3.63) is 0 Å². The fourth-order valence-corrected chi connectivity index (χ4v) is 4.12. The van der Waals surface area contributed by atoms with Gasteiger partial charge in [-0.25, -0.2) is 0 Å². The van der Waals surface area contributed by atoms with Crippen LogP contribution in [-0.4, -0.2) is 9.20 Å². The van der Waals surface area contributed by atoms with Crippen LogP contribution in [0.4, 0.5) is 0 Å². The van der Waals surface area contributed by atoms with Gasteiger partial charge < -0.3 is 0 Å². The summed E-state index contributed by atoms with van der Waals surface area (Å²) in [6, 6.07) is 0. The van der Waals surface area contributed by atoms with E-state index in [0.29, 0.717) is 11.7 Å². The molecule has 0 heterocycles. The third-order valence-corrected chi connectivity index (χ3v) is 4.94. The molecule has 2 fully saturated rings. The van der Waals surface area contributed by atoms with Crippen molar-refractivity contribution in [3.63, 3.8) is 0 Å². The standard InChI is InChI=1S/C9H13IO/c1-8(2)6-3-4-9(10,5-6)7(8)11/h6H,3-5H2,1-2H3/t6-,9+/m1/s1. The van der Waals surface area contributed by atoms with Gasteiger partial charge in [-0.1, -0.05) is 36.4 Å². The van der Waals surface area contributed by atoms with E-state index in [1.165, 1.54) is 6.42 Å². The van der Waals surface area contributed by atoms with Gasteiger partial charge in [-0.2, -0.15) is 0 Å². The first-order chi connectivity index (χ1) is 4.97. The quantitative estimate of drug-likeness (QED) is 0.485. The van der Waals surface area contributed by atoms with E-state index in [-0.39, 0.29) is 8.84 Å². The molecule has 2 heteroatoms. The Hall–Kier alpha value is 0.400. The number of rotatable bonds is 0. The lowest BCUT2D eigenvalue weighted by Crippen LogP contribution is -2.37. The maximum atomic E-state index is 11.8. The van der Waals surface area contributed by atoms with Crippen molar-refractivity contribution in [1.29, 1.82) is 0 Å². The molecule has 0 unspecified atom stereocenters. The molecule has 0 aromatic rings. The number of Topliss-reactive ketones (excluding diaryl/α,β-unsaturated/α-hetero) is 1. The van der Waals surface area contributed by atoms with E-state index < -0.39 is 0 Å². The SMILES string of the molecule is CC1(C)C(=O)[C@]2(I)CC[C@@H]1C2. The van der Waals surface area contributed by atoms with Crippen molar-refractivity contribution in [2.75, 3.05) is 0 Å². The second kappa shape index (κ2) is 2.01. The van der Waals surface area contributed by atoms with Crippen molar-refractivity contribution in [1.82, 2.24) is 0 Å². The van der Waals surface area contributed by atoms with Crippen LogP contribution >= 0.6 is 22.6 Å². The van der Waals surface area contributed by atoms with Crippen LogP contribution < -0.4 is 0 Å². The summed E-state index contributed by atoms with van der Waals surface area (Å²) in [4.78, 5) is 11.8. The van der Waals surface area contributed by atoms with Gasteiger partial charge in [-0.3, -0.25) is 4.79 Å². The van der Waals surface area contributed by atoms with Crippen LogP contribution in [0.15, 0.2) is 0 Å². The van der Waals surface area contributed by atoms with Gasteiger partial charge in [0.1, 0.15) is 0 Å². The Kier molecular flexibility index (Phi) is 1.46. The summed E-state index contributed by atoms with van der Waals surface area (Å²) in [7, 11) is 0. The molecular weight excluding hydrogens is 251 g/mol. The molecule has 0 spiro atoms. The number of carbonyl (C=O) groups excluding carboxylic acids is 1. The van der Waals surface area contributed by atoms with Crippen LogP contribution in [0, 0.1) is 11.3 Å². The van der Waals surface area contributed by atoms with E-state index in [1.807, 2.05) is 0 Å². The molecule has 0 radical (unpaired) electrons. The van der Waals surface area contributed by atoms with Crippen LogP contribution in [0.5, 0.6) is 0 Å². The monoisotopic (exact) mass is 264 g/mol. The molecule has 0 N–H and O–H groups in total. The van der Waals surface area contributed by atoms with Crippen LogP contribution in [0.3, 0.4) is 0 Å². The molecule has 2 bridgehead atoms. The molecule has 0 aromatic heterocycles. The van der Waals surface area contributed by atoms with E-state index in [0.717, 1.165) is 12.8 Å². The zero-order valence-electron chi connectivity index (χ0n) is 6.98. The van der Waals surface area contributed by atoms with E-state index in [4.69, 9.17) is 0 Å². The molecule has 1 nitrogen and oxygen atoms in total. The lowest BCUT2D eigenvalue weighted by molar-refractivity contribution is -0.128. The lowest BCUT2D eigenvalue weighted by Gasteiger charge is -2.30. The van der Waals surface area contributed by atoms with Gasteiger partial charge in [-0.15, -0.1) is 0 Å². The molecule has 2 atom stereocenters. The molecule has 2 aliphatic rings. The highest BCUT2D eigenvalue weighted by Gasteiger charge is 2.60. The zero-order chi connectivity index (χ0) is 8.28. The summed E-state index contributed by atoms with van der Waals surface area (Å²) in [5.41, 5.74) is -0.0144. The van der Waals surface area contributed by atoms with Gasteiger partial charge in [-0.05, 0) is 25.2 Å². The van der Waals surface area contributed by atoms with Gasteiger partial charge in [0.15, 0.2) is 5.78 Å². The Morgan fingerprint density at radius 2 is 2.18 bits per heavy atom. The minimum absolute atomic E-state index is 0.0144. The van der Waals surface area contributed by atoms with E-state index in [2.05, 4.69) is 36.4 Å². The maximum absolute atomic E-state index is 11.8. The summed E-state index contributed by atoms with van der Waals surface area (Å²) < 4.78 is 0.0337. The van der Waals surface area contributed by atoms with Gasteiger partial charge in [0.2, 0.25) is 0 Å². The number of carbonyl (C=O) groups is 1. The number of fused-ring (bicyclic) bond motifs is 2. The average Bonchev–Trinajstić information content (AvgIpc) is 2.36. The Labute approximate surface area is 81.1 Å². The van der Waals surface area contributed by atoms with Crippen LogP contribution in [0.2, 0.25) is 0 Å². The fourth-order valence-electron chi connectivity index (χ4n) is 2.58. The highest BCUT2D eigenvalue weighted by atomic mass is 127. The normalized spacial score (nSPS) is 46.8. The van der Waals surface area contributed by atoms with Crippen LogP contribution in [0.25, 0.3) is 0 Å². The summed E-state index contributed by atoms with van der Waals surface area (Å²) in [5.74, 6) is 1.17. The predicted octanol–water partition coefficient (Wildman–Crippen LogP) is 2.57. The second-order valence-corrected chi connectivity index (χ2v) is 6.52. The molecule has 0 aromatic carbocycles. The summed E-state index contributed by atoms with van der Waals surface area (Å²) in [6.45, 7) is 4.22. The third kappa shape index (κ3) is 0.849. The Bertz CT molecular complexity index is 215. The van der Waals surface area contributed by atoms with Crippen molar-refractivity contribution in [3.8, 4) is 0 Å². The molecule has 2 rings (SSSR count). The molecule has 62 valence electrons. The number of halogens is 1. The molecular formula is C9H13IO. The first-order valence-corrected chi connectivity index (χ1v) is 5.28. The highest BCUT2D eigenvalue weighted by Crippen LogP contribution is 2.59. The molecule has 2 saturated carbocycles. The molecule has 0 amide bonds. The van der Waals surface area contributed by atoms with Gasteiger partial charge >= 0.3 is 0 Å². The van der Waals surface area contributed by atoms with E-state index in [1.54, 1.807) is 0 Å². The Balaban J connectivity index is 2.42. The summed E-state index contributed by atoms with van der Waals surface area (Å²) in [5, 5.41) is 0. The first-order valence-electron chi connectivity index (χ1n) is 4.21. The minimum Gasteiger partial charge on any atom is -0.298 e. The average molecular weight is 264 g/mol. The number of hydrogen-bond donors (Lipinski definition) is 0. The summed E-state index contributed by atoms with van der Waals surface area (Å²) >= 11 is 2.37. The third-order valence-electron chi connectivity index (χ3n) is 3.47. The topological polar surface area (TPSA) is 17.1 Å². The smallest absolute Gasteiger partial charge is 0.154 e. The van der Waals surface area contributed by atoms with E-state index in [9.17, 15) is 4.79 Å². The van der Waals surface area contributed by atoms with Gasteiger partial charge in [0.25, 0.3) is 0 Å². The number of ketones is 1. The second-order valence-electron chi connectivity index (χ2n) is 4.46. The fraction of sp³-hybridized carbons (Fsp3) is 0.889. The first kappa shape index (κ1) is 8.02. The van der Waals surface area contributed by atoms with Gasteiger partial charge in [0.05, 0.1) is 3.42 Å². The van der Waals surface area contributed by atoms with Crippen molar-refractivity contribution in [2.24, 2.45) is 11.3 Å². The highest BCUT2D eigenvalue weighted by molar-refractivity contribution is 14.1. The minimum atomic E-state index is -0.0144. The zero-order valence-corrected chi connectivity index (χ0v) is 9.14. The van der Waals surface area contributed by atoms with Crippen LogP contribution in [0.1, 0.15) is 33.1 Å². The Morgan fingerprint density at radius 3 is 2.45 bits per heavy atom. The lowest BCUT2D eigenvalue weighted by atomic mass is 9.76. The molecule has 0 aliphatic heterocycles. The van der Waals surface area contributed by atoms with Crippen molar-refractivity contribution < 1.29 is 4.79 Å². The number of alkyl halides is 1. The Morgan fingerprint density at radius 1 is 1.55 bits per heavy atom. The molecule has 0 saturated heterocycles. The van der Waals surface area contributed by atoms with Gasteiger partial charge in [0, 0.05) is 5.41 Å². The maximum Gasteiger partial charge on any atom is 0.154 e. The molecule has 11 heavy (non-hydrogen) atoms. The number of hydrogen-bond acceptors (Lipinski definition) is 1.